The van der Waals surface area contributed by atoms with E-state index < -0.39 is 22.6 Å². The van der Waals surface area contributed by atoms with E-state index in [4.69, 9.17) is 9.57 Å². The summed E-state index contributed by atoms with van der Waals surface area (Å²) in [4.78, 5) is 28.6. The number of benzene rings is 1. The van der Waals surface area contributed by atoms with Crippen molar-refractivity contribution in [2.75, 3.05) is 27.3 Å². The van der Waals surface area contributed by atoms with Crippen LogP contribution in [0.5, 0.6) is 0 Å². The number of hydrogen-bond acceptors (Lipinski definition) is 6. The summed E-state index contributed by atoms with van der Waals surface area (Å²) in [6.45, 7) is 0.188. The molecule has 27 heavy (non-hydrogen) atoms. The third-order valence-electron chi connectivity index (χ3n) is 4.61. The highest BCUT2D eigenvalue weighted by atomic mass is 32.2. The minimum Gasteiger partial charge on any atom is -0.452 e. The van der Waals surface area contributed by atoms with Crippen LogP contribution >= 0.6 is 0 Å². The molecule has 1 aromatic rings. The van der Waals surface area contributed by atoms with Crippen molar-refractivity contribution < 1.29 is 27.6 Å². The first-order valence-corrected chi connectivity index (χ1v) is 10.4. The first kappa shape index (κ1) is 21.3. The number of carbonyl (C=O) groups is 2. The summed E-state index contributed by atoms with van der Waals surface area (Å²) in [6.07, 6.45) is 5.84. The van der Waals surface area contributed by atoms with E-state index in [0.717, 1.165) is 12.8 Å². The fourth-order valence-corrected chi connectivity index (χ4v) is 3.96. The average molecular weight is 398 g/mol. The predicted octanol–water partition coefficient (Wildman–Crippen LogP) is 1.72. The molecular formula is C18H26N2O6S. The van der Waals surface area contributed by atoms with Gasteiger partial charge in [0.15, 0.2) is 6.61 Å². The molecule has 0 aliphatic heterocycles. The van der Waals surface area contributed by atoms with E-state index in [1.807, 2.05) is 0 Å². The smallest absolute Gasteiger partial charge is 0.338 e. The maximum atomic E-state index is 12.2. The summed E-state index contributed by atoms with van der Waals surface area (Å²) in [5, 5.41) is 2.78. The molecule has 2 rings (SSSR count). The maximum Gasteiger partial charge on any atom is 0.338 e. The molecule has 8 nitrogen and oxygen atoms in total. The number of carbonyl (C=O) groups excluding carboxylic acids is 2. The zero-order chi connectivity index (χ0) is 19.9. The van der Waals surface area contributed by atoms with Crippen molar-refractivity contribution in [3.05, 3.63) is 29.8 Å². The van der Waals surface area contributed by atoms with Crippen molar-refractivity contribution in [3.8, 4) is 0 Å². The molecule has 150 valence electrons. The number of rotatable bonds is 8. The van der Waals surface area contributed by atoms with Crippen LogP contribution in [0.1, 0.15) is 42.5 Å². The first-order valence-electron chi connectivity index (χ1n) is 8.91. The summed E-state index contributed by atoms with van der Waals surface area (Å²) >= 11 is 0. The highest BCUT2D eigenvalue weighted by molar-refractivity contribution is 7.89. The normalized spacial score (nSPS) is 15.5. The number of nitrogens with one attached hydrogen (secondary N) is 1. The van der Waals surface area contributed by atoms with Gasteiger partial charge in [-0.1, -0.05) is 29.8 Å². The van der Waals surface area contributed by atoms with Crippen molar-refractivity contribution in [2.45, 2.75) is 37.0 Å². The largest absolute Gasteiger partial charge is 0.452 e. The van der Waals surface area contributed by atoms with Crippen LogP contribution in [0, 0.1) is 5.92 Å². The molecule has 1 amide bonds. The van der Waals surface area contributed by atoms with Gasteiger partial charge in [0, 0.05) is 13.6 Å². The third-order valence-corrected chi connectivity index (χ3v) is 6.29. The zero-order valence-corrected chi connectivity index (χ0v) is 16.5. The number of hydrogen-bond donors (Lipinski definition) is 1. The summed E-state index contributed by atoms with van der Waals surface area (Å²) in [5.41, 5.74) is 0.0423. The lowest BCUT2D eigenvalue weighted by atomic mass is 9.89. The second-order valence-corrected chi connectivity index (χ2v) is 8.45. The number of hydroxylamine groups is 1. The second-order valence-electron chi connectivity index (χ2n) is 6.51. The van der Waals surface area contributed by atoms with Crippen molar-refractivity contribution in [1.29, 1.82) is 0 Å². The van der Waals surface area contributed by atoms with Crippen LogP contribution in [0.25, 0.3) is 0 Å². The van der Waals surface area contributed by atoms with Gasteiger partial charge in [0.05, 0.1) is 17.6 Å². The number of amides is 1. The van der Waals surface area contributed by atoms with E-state index in [0.29, 0.717) is 16.9 Å². The van der Waals surface area contributed by atoms with Crippen molar-refractivity contribution >= 4 is 21.9 Å². The molecule has 0 radical (unpaired) electrons. The van der Waals surface area contributed by atoms with Crippen LogP contribution < -0.4 is 5.32 Å². The number of nitrogens with zero attached hydrogens (tertiary/aromatic N) is 1. The molecule has 1 saturated carbocycles. The Morgan fingerprint density at radius 3 is 2.59 bits per heavy atom. The number of sulfonamides is 1. The van der Waals surface area contributed by atoms with Gasteiger partial charge in [-0.3, -0.25) is 9.63 Å². The summed E-state index contributed by atoms with van der Waals surface area (Å²) in [6, 6.07) is 5.38. The number of ether oxygens (including phenoxy) is 1. The molecule has 9 heteroatoms. The molecule has 1 fully saturated rings. The molecule has 1 aliphatic rings. The Hall–Kier alpha value is -1.97. The SMILES string of the molecule is CON(C)S(=O)(=O)c1cccc(C(=O)OCC(=O)NCC2CCCCC2)c1. The quantitative estimate of drug-likeness (QED) is 0.528. The van der Waals surface area contributed by atoms with E-state index in [1.165, 1.54) is 57.7 Å². The Bertz CT molecular complexity index is 759. The molecule has 1 aliphatic carbocycles. The van der Waals surface area contributed by atoms with Crippen LogP contribution in [0.2, 0.25) is 0 Å². The van der Waals surface area contributed by atoms with Gasteiger partial charge in [-0.15, -0.1) is 0 Å². The van der Waals surface area contributed by atoms with Gasteiger partial charge in [0.1, 0.15) is 0 Å². The molecule has 0 heterocycles. The standard InChI is InChI=1S/C18H26N2O6S/c1-20(25-2)27(23,24)16-10-6-9-15(11-16)18(22)26-13-17(21)19-12-14-7-4-3-5-8-14/h6,9-11,14H,3-5,7-8,12-13H2,1-2H3,(H,19,21). The van der Waals surface area contributed by atoms with Crippen LogP contribution in [0.15, 0.2) is 29.2 Å². The van der Waals surface area contributed by atoms with Gasteiger partial charge in [0.2, 0.25) is 0 Å². The van der Waals surface area contributed by atoms with Crippen LogP contribution in [-0.4, -0.2) is 52.1 Å². The highest BCUT2D eigenvalue weighted by Crippen LogP contribution is 2.22. The Kier molecular flexibility index (Phi) is 7.76. The summed E-state index contributed by atoms with van der Waals surface area (Å²) in [7, 11) is -1.40. The molecule has 0 unspecified atom stereocenters. The highest BCUT2D eigenvalue weighted by Gasteiger charge is 2.22. The van der Waals surface area contributed by atoms with Crippen LogP contribution in [0.4, 0.5) is 0 Å². The van der Waals surface area contributed by atoms with Gasteiger partial charge in [-0.2, -0.15) is 0 Å². The van der Waals surface area contributed by atoms with Gasteiger partial charge in [0.25, 0.3) is 15.9 Å². The predicted molar refractivity (Wildman–Crippen MR) is 98.3 cm³/mol. The van der Waals surface area contributed by atoms with Gasteiger partial charge in [-0.05, 0) is 37.0 Å². The topological polar surface area (TPSA) is 102 Å². The molecule has 0 atom stereocenters. The minimum absolute atomic E-state index is 0.0423. The third kappa shape index (κ3) is 6.02. The summed E-state index contributed by atoms with van der Waals surface area (Å²) < 4.78 is 30.1. The van der Waals surface area contributed by atoms with Crippen LogP contribution in [-0.2, 0) is 24.4 Å². The fraction of sp³-hybridized carbons (Fsp3) is 0.556. The molecule has 0 aromatic heterocycles. The maximum absolute atomic E-state index is 12.2. The van der Waals surface area contributed by atoms with Crippen molar-refractivity contribution in [1.82, 2.24) is 9.79 Å². The van der Waals surface area contributed by atoms with Gasteiger partial charge in [-0.25, -0.2) is 13.2 Å². The Labute approximate surface area is 159 Å². The van der Waals surface area contributed by atoms with Crippen molar-refractivity contribution in [3.63, 3.8) is 0 Å². The Morgan fingerprint density at radius 2 is 1.93 bits per heavy atom. The average Bonchev–Trinajstić information content (AvgIpc) is 2.70. The Morgan fingerprint density at radius 1 is 1.22 bits per heavy atom. The molecular weight excluding hydrogens is 372 g/mol. The molecule has 0 bridgehead atoms. The molecule has 0 saturated heterocycles. The fourth-order valence-electron chi connectivity index (χ4n) is 2.94. The summed E-state index contributed by atoms with van der Waals surface area (Å²) in [5.74, 6) is -0.644. The first-order chi connectivity index (χ1) is 12.8. The lowest BCUT2D eigenvalue weighted by Crippen LogP contribution is -2.33. The monoisotopic (exact) mass is 398 g/mol. The number of esters is 1. The zero-order valence-electron chi connectivity index (χ0n) is 15.6. The molecule has 1 N–H and O–H groups in total. The van der Waals surface area contributed by atoms with Crippen LogP contribution in [0.3, 0.4) is 0 Å². The molecule has 0 spiro atoms. The molecule has 1 aromatic carbocycles. The second kappa shape index (κ2) is 9.82. The van der Waals surface area contributed by atoms with Gasteiger partial charge >= 0.3 is 5.97 Å². The van der Waals surface area contributed by atoms with E-state index in [2.05, 4.69) is 5.32 Å². The van der Waals surface area contributed by atoms with E-state index in [9.17, 15) is 18.0 Å². The Balaban J connectivity index is 1.88. The minimum atomic E-state index is -3.87. The lowest BCUT2D eigenvalue weighted by Gasteiger charge is -2.21. The van der Waals surface area contributed by atoms with E-state index in [1.54, 1.807) is 0 Å². The van der Waals surface area contributed by atoms with Gasteiger partial charge < -0.3 is 10.1 Å². The lowest BCUT2D eigenvalue weighted by molar-refractivity contribution is -0.124. The van der Waals surface area contributed by atoms with E-state index in [-0.39, 0.29) is 16.4 Å². The van der Waals surface area contributed by atoms with Crippen molar-refractivity contribution in [2.24, 2.45) is 5.92 Å². The van der Waals surface area contributed by atoms with E-state index >= 15 is 0 Å².